The van der Waals surface area contributed by atoms with E-state index in [9.17, 15) is 9.35 Å². The predicted octanol–water partition coefficient (Wildman–Crippen LogP) is 1.41. The van der Waals surface area contributed by atoms with Gasteiger partial charge in [0.05, 0.1) is 17.4 Å². The smallest absolute Gasteiger partial charge is 0.278 e. The normalized spacial score (nSPS) is 26.1. The molecule has 4 nitrogen and oxygen atoms in total. The van der Waals surface area contributed by atoms with Crippen LogP contribution in [0.25, 0.3) is 0 Å². The number of amides is 1. The van der Waals surface area contributed by atoms with Gasteiger partial charge < -0.3 is 10.3 Å². The lowest BCUT2D eigenvalue weighted by Gasteiger charge is -2.29. The summed E-state index contributed by atoms with van der Waals surface area (Å²) in [6.45, 7) is 5.86. The number of carbonyl (C=O) groups is 1. The first-order valence-electron chi connectivity index (χ1n) is 6.17. The van der Waals surface area contributed by atoms with Crippen molar-refractivity contribution in [3.05, 3.63) is 24.3 Å². The van der Waals surface area contributed by atoms with E-state index in [1.165, 1.54) is 0 Å². The van der Waals surface area contributed by atoms with Crippen LogP contribution >= 0.6 is 0 Å². The van der Waals surface area contributed by atoms with E-state index < -0.39 is 22.2 Å². The van der Waals surface area contributed by atoms with Crippen molar-refractivity contribution < 1.29 is 9.35 Å². The standard InChI is InChI=1S/C13H22N2O2S/c1-10(2)9-11(14)12(16)15-18(17)13(3)7-5-4-6-8-13/h4-7,10-11H,8-9,14H2,1-3H3,(H,15,16)/t11-,13?,18+/m0/s1. The molecule has 0 spiro atoms. The number of nitrogens with two attached hydrogens (primary N) is 1. The minimum absolute atomic E-state index is 0.340. The molecule has 0 aliphatic heterocycles. The number of allylic oxidation sites excluding steroid dienone is 3. The van der Waals surface area contributed by atoms with Crippen LogP contribution in [0.4, 0.5) is 0 Å². The lowest BCUT2D eigenvalue weighted by Crippen LogP contribution is -2.50. The van der Waals surface area contributed by atoms with Crippen LogP contribution in [-0.2, 0) is 16.2 Å². The molecule has 18 heavy (non-hydrogen) atoms. The van der Waals surface area contributed by atoms with Crippen molar-refractivity contribution in [2.75, 3.05) is 0 Å². The van der Waals surface area contributed by atoms with Crippen molar-refractivity contribution in [2.45, 2.75) is 44.4 Å². The lowest BCUT2D eigenvalue weighted by molar-refractivity contribution is -0.120. The molecule has 1 rings (SSSR count). The fourth-order valence-corrected chi connectivity index (χ4v) is 2.76. The Kier molecular flexibility index (Phi) is 5.44. The number of nitrogens with one attached hydrogen (secondary N) is 1. The van der Waals surface area contributed by atoms with Gasteiger partial charge in [-0.1, -0.05) is 32.1 Å². The molecule has 0 fully saturated rings. The zero-order chi connectivity index (χ0) is 13.8. The van der Waals surface area contributed by atoms with Crippen molar-refractivity contribution in [3.8, 4) is 0 Å². The summed E-state index contributed by atoms with van der Waals surface area (Å²) in [5.74, 6) is -0.00140. The van der Waals surface area contributed by atoms with Gasteiger partial charge in [-0.3, -0.25) is 4.79 Å². The SMILES string of the molecule is CC(C)C[C@H](N)C(=O)N[S@+]([O-])C1(C)C=CC=CC1. The second kappa shape index (κ2) is 6.41. The molecule has 0 radical (unpaired) electrons. The first-order chi connectivity index (χ1) is 8.35. The van der Waals surface area contributed by atoms with Gasteiger partial charge in [0.2, 0.25) is 0 Å². The van der Waals surface area contributed by atoms with Crippen LogP contribution in [0.15, 0.2) is 24.3 Å². The minimum atomic E-state index is -1.46. The average molecular weight is 270 g/mol. The van der Waals surface area contributed by atoms with Gasteiger partial charge in [0.1, 0.15) is 0 Å². The van der Waals surface area contributed by atoms with Gasteiger partial charge in [0, 0.05) is 6.42 Å². The highest BCUT2D eigenvalue weighted by molar-refractivity contribution is 7.91. The summed E-state index contributed by atoms with van der Waals surface area (Å²) < 4.78 is 14.1. The van der Waals surface area contributed by atoms with Crippen molar-refractivity contribution >= 4 is 17.3 Å². The van der Waals surface area contributed by atoms with Crippen LogP contribution < -0.4 is 10.5 Å². The van der Waals surface area contributed by atoms with Gasteiger partial charge in [-0.15, -0.1) is 0 Å². The lowest BCUT2D eigenvalue weighted by atomic mass is 10.0. The zero-order valence-electron chi connectivity index (χ0n) is 11.2. The molecule has 0 heterocycles. The summed E-state index contributed by atoms with van der Waals surface area (Å²) in [4.78, 5) is 11.8. The van der Waals surface area contributed by atoms with Crippen LogP contribution in [0.2, 0.25) is 0 Å². The molecular weight excluding hydrogens is 248 g/mol. The molecule has 0 bridgehead atoms. The summed E-state index contributed by atoms with van der Waals surface area (Å²) in [6, 6.07) is -0.597. The third-order valence-electron chi connectivity index (χ3n) is 2.90. The minimum Gasteiger partial charge on any atom is -0.592 e. The Morgan fingerprint density at radius 2 is 2.22 bits per heavy atom. The number of rotatable bonds is 5. The number of hydrogen-bond acceptors (Lipinski definition) is 3. The Bertz CT molecular complexity index is 355. The van der Waals surface area contributed by atoms with E-state index in [0.29, 0.717) is 18.8 Å². The van der Waals surface area contributed by atoms with E-state index in [2.05, 4.69) is 4.72 Å². The van der Waals surface area contributed by atoms with E-state index in [0.717, 1.165) is 0 Å². The van der Waals surface area contributed by atoms with Gasteiger partial charge in [0.25, 0.3) is 5.91 Å². The molecule has 3 N–H and O–H groups in total. The molecule has 1 aliphatic carbocycles. The van der Waals surface area contributed by atoms with Crippen molar-refractivity contribution in [3.63, 3.8) is 0 Å². The molecule has 5 heteroatoms. The van der Waals surface area contributed by atoms with Crippen LogP contribution in [0.1, 0.15) is 33.6 Å². The molecule has 1 aliphatic rings. The Balaban J connectivity index is 2.54. The summed E-state index contributed by atoms with van der Waals surface area (Å²) >= 11 is -1.46. The van der Waals surface area contributed by atoms with Gasteiger partial charge in [0.15, 0.2) is 4.75 Å². The van der Waals surface area contributed by atoms with Gasteiger partial charge >= 0.3 is 0 Å². The van der Waals surface area contributed by atoms with E-state index >= 15 is 0 Å². The molecule has 0 saturated carbocycles. The van der Waals surface area contributed by atoms with Crippen LogP contribution in [0.3, 0.4) is 0 Å². The molecule has 3 atom stereocenters. The topological polar surface area (TPSA) is 78.2 Å². The highest BCUT2D eigenvalue weighted by atomic mass is 32.2. The van der Waals surface area contributed by atoms with Gasteiger partial charge in [-0.05, 0) is 25.3 Å². The van der Waals surface area contributed by atoms with E-state index in [-0.39, 0.29) is 5.91 Å². The quantitative estimate of drug-likeness (QED) is 0.742. The zero-order valence-corrected chi connectivity index (χ0v) is 12.0. The van der Waals surface area contributed by atoms with Crippen LogP contribution in [0.5, 0.6) is 0 Å². The second-order valence-electron chi connectivity index (χ2n) is 5.28. The molecule has 1 unspecified atom stereocenters. The molecule has 1 amide bonds. The predicted molar refractivity (Wildman–Crippen MR) is 75.0 cm³/mol. The van der Waals surface area contributed by atoms with Crippen molar-refractivity contribution in [1.29, 1.82) is 0 Å². The largest absolute Gasteiger partial charge is 0.592 e. The maximum absolute atomic E-state index is 12.2. The van der Waals surface area contributed by atoms with E-state index in [4.69, 9.17) is 5.73 Å². The molecular formula is C13H22N2O2S. The third-order valence-corrected chi connectivity index (χ3v) is 4.43. The number of carbonyl (C=O) groups excluding carboxylic acids is 1. The van der Waals surface area contributed by atoms with Crippen LogP contribution in [0, 0.1) is 5.92 Å². The fraction of sp³-hybridized carbons (Fsp3) is 0.615. The highest BCUT2D eigenvalue weighted by Crippen LogP contribution is 2.25. The first kappa shape index (κ1) is 15.3. The maximum atomic E-state index is 12.2. The molecule has 102 valence electrons. The van der Waals surface area contributed by atoms with Crippen molar-refractivity contribution in [1.82, 2.24) is 4.72 Å². The van der Waals surface area contributed by atoms with Gasteiger partial charge in [-0.25, -0.2) is 0 Å². The molecule has 0 aromatic carbocycles. The third kappa shape index (κ3) is 4.15. The molecule has 0 aromatic rings. The Morgan fingerprint density at radius 3 is 2.72 bits per heavy atom. The summed E-state index contributed by atoms with van der Waals surface area (Å²) in [5, 5.41) is 0. The molecule has 0 aromatic heterocycles. The second-order valence-corrected chi connectivity index (χ2v) is 6.95. The monoisotopic (exact) mass is 270 g/mol. The number of hydrogen-bond donors (Lipinski definition) is 2. The van der Waals surface area contributed by atoms with E-state index in [1.54, 1.807) is 0 Å². The molecule has 0 saturated heterocycles. The Hall–Kier alpha value is -0.780. The van der Waals surface area contributed by atoms with E-state index in [1.807, 2.05) is 45.1 Å². The summed E-state index contributed by atoms with van der Waals surface area (Å²) in [7, 11) is 0. The highest BCUT2D eigenvalue weighted by Gasteiger charge is 2.37. The Morgan fingerprint density at radius 1 is 1.56 bits per heavy atom. The van der Waals surface area contributed by atoms with Crippen molar-refractivity contribution in [2.24, 2.45) is 11.7 Å². The Labute approximate surface area is 112 Å². The van der Waals surface area contributed by atoms with Gasteiger partial charge in [-0.2, -0.15) is 4.72 Å². The fourth-order valence-electron chi connectivity index (χ4n) is 1.74. The van der Waals surface area contributed by atoms with Crippen LogP contribution in [-0.4, -0.2) is 21.2 Å². The first-order valence-corrected chi connectivity index (χ1v) is 7.32. The maximum Gasteiger partial charge on any atom is 0.278 e. The summed E-state index contributed by atoms with van der Waals surface area (Å²) in [6.07, 6.45) is 8.80. The summed E-state index contributed by atoms with van der Waals surface area (Å²) in [5.41, 5.74) is 5.76. The average Bonchev–Trinajstić information content (AvgIpc) is 2.28.